The van der Waals surface area contributed by atoms with Gasteiger partial charge in [-0.15, -0.1) is 0 Å². The Morgan fingerprint density at radius 2 is 2.06 bits per heavy atom. The lowest BCUT2D eigenvalue weighted by Crippen LogP contribution is -2.35. The third-order valence-electron chi connectivity index (χ3n) is 3.42. The molecule has 0 saturated heterocycles. The molecule has 104 valence electrons. The molecule has 1 N–H and O–H groups in total. The number of halogens is 1. The SMILES string of the molecule is CCCNC(CCc1c(Br)c(C)nn1C)C(C)C. The van der Waals surface area contributed by atoms with Crippen molar-refractivity contribution in [2.24, 2.45) is 13.0 Å². The van der Waals surface area contributed by atoms with Gasteiger partial charge in [-0.05, 0) is 54.6 Å². The van der Waals surface area contributed by atoms with Gasteiger partial charge in [0.25, 0.3) is 0 Å². The van der Waals surface area contributed by atoms with E-state index in [9.17, 15) is 0 Å². The first kappa shape index (κ1) is 15.7. The molecular formula is C14H26BrN3. The average molecular weight is 316 g/mol. The van der Waals surface area contributed by atoms with Gasteiger partial charge >= 0.3 is 0 Å². The highest BCUT2D eigenvalue weighted by molar-refractivity contribution is 9.10. The summed E-state index contributed by atoms with van der Waals surface area (Å²) in [6, 6.07) is 0.590. The largest absolute Gasteiger partial charge is 0.314 e. The highest BCUT2D eigenvalue weighted by Crippen LogP contribution is 2.22. The van der Waals surface area contributed by atoms with Crippen LogP contribution >= 0.6 is 15.9 Å². The minimum absolute atomic E-state index is 0.590. The van der Waals surface area contributed by atoms with Crippen LogP contribution in [0.5, 0.6) is 0 Å². The second-order valence-corrected chi connectivity index (χ2v) is 6.11. The van der Waals surface area contributed by atoms with Gasteiger partial charge in [-0.1, -0.05) is 20.8 Å². The molecule has 0 aromatic carbocycles. The van der Waals surface area contributed by atoms with Crippen LogP contribution in [0.1, 0.15) is 45.0 Å². The zero-order chi connectivity index (χ0) is 13.7. The van der Waals surface area contributed by atoms with Crippen molar-refractivity contribution in [2.75, 3.05) is 6.54 Å². The summed E-state index contributed by atoms with van der Waals surface area (Å²) < 4.78 is 3.17. The van der Waals surface area contributed by atoms with Crippen LogP contribution in [0.3, 0.4) is 0 Å². The van der Waals surface area contributed by atoms with Crippen LogP contribution in [0.2, 0.25) is 0 Å². The molecule has 0 saturated carbocycles. The highest BCUT2D eigenvalue weighted by Gasteiger charge is 2.16. The summed E-state index contributed by atoms with van der Waals surface area (Å²) in [5.74, 6) is 0.671. The van der Waals surface area contributed by atoms with Crippen LogP contribution in [0, 0.1) is 12.8 Å². The van der Waals surface area contributed by atoms with Gasteiger partial charge in [-0.25, -0.2) is 0 Å². The Kier molecular flexibility index (Phi) is 6.36. The number of nitrogens with one attached hydrogen (secondary N) is 1. The van der Waals surface area contributed by atoms with E-state index in [2.05, 4.69) is 47.1 Å². The molecule has 0 aliphatic rings. The normalized spacial score (nSPS) is 13.3. The van der Waals surface area contributed by atoms with Crippen LogP contribution < -0.4 is 5.32 Å². The minimum Gasteiger partial charge on any atom is -0.314 e. The van der Waals surface area contributed by atoms with E-state index >= 15 is 0 Å². The van der Waals surface area contributed by atoms with Gasteiger partial charge < -0.3 is 5.32 Å². The second kappa shape index (κ2) is 7.29. The molecule has 1 aromatic rings. The molecule has 1 unspecified atom stereocenters. The molecule has 18 heavy (non-hydrogen) atoms. The predicted octanol–water partition coefficient (Wildman–Crippen LogP) is 3.45. The molecule has 1 heterocycles. The maximum absolute atomic E-state index is 4.44. The summed E-state index contributed by atoms with van der Waals surface area (Å²) >= 11 is 3.64. The Morgan fingerprint density at radius 1 is 1.39 bits per heavy atom. The molecule has 0 amide bonds. The highest BCUT2D eigenvalue weighted by atomic mass is 79.9. The molecule has 1 atom stereocenters. The fourth-order valence-corrected chi connectivity index (χ4v) is 2.78. The summed E-state index contributed by atoms with van der Waals surface area (Å²) in [7, 11) is 2.02. The topological polar surface area (TPSA) is 29.9 Å². The van der Waals surface area contributed by atoms with Gasteiger partial charge in [-0.2, -0.15) is 5.10 Å². The number of hydrogen-bond acceptors (Lipinski definition) is 2. The zero-order valence-corrected chi connectivity index (χ0v) is 13.8. The van der Waals surface area contributed by atoms with Gasteiger partial charge in [0.2, 0.25) is 0 Å². The standard InChI is InChI=1S/C14H26BrN3/c1-6-9-16-12(10(2)3)7-8-13-14(15)11(4)17-18(13)5/h10,12,16H,6-9H2,1-5H3. The third-order valence-corrected chi connectivity index (χ3v) is 4.45. The van der Waals surface area contributed by atoms with Crippen molar-refractivity contribution in [3.05, 3.63) is 15.9 Å². The van der Waals surface area contributed by atoms with E-state index in [1.165, 1.54) is 16.6 Å². The maximum atomic E-state index is 4.44. The van der Waals surface area contributed by atoms with Gasteiger partial charge in [0.1, 0.15) is 0 Å². The lowest BCUT2D eigenvalue weighted by molar-refractivity contribution is 0.375. The van der Waals surface area contributed by atoms with Crippen molar-refractivity contribution in [2.45, 2.75) is 53.0 Å². The van der Waals surface area contributed by atoms with Gasteiger partial charge in [0, 0.05) is 13.1 Å². The van der Waals surface area contributed by atoms with E-state index in [0.29, 0.717) is 12.0 Å². The minimum atomic E-state index is 0.590. The van der Waals surface area contributed by atoms with Crippen LogP contribution in [0.4, 0.5) is 0 Å². The van der Waals surface area contributed by atoms with Gasteiger partial charge in [-0.3, -0.25) is 4.68 Å². The number of rotatable bonds is 7. The smallest absolute Gasteiger partial charge is 0.0738 e. The number of hydrogen-bond donors (Lipinski definition) is 1. The van der Waals surface area contributed by atoms with Crippen LogP contribution in [0.25, 0.3) is 0 Å². The molecule has 1 aromatic heterocycles. The third kappa shape index (κ3) is 4.09. The summed E-state index contributed by atoms with van der Waals surface area (Å²) in [6.07, 6.45) is 3.42. The monoisotopic (exact) mass is 315 g/mol. The molecule has 0 aliphatic carbocycles. The van der Waals surface area contributed by atoms with Gasteiger partial charge in [0.05, 0.1) is 15.9 Å². The average Bonchev–Trinajstić information content (AvgIpc) is 2.54. The Morgan fingerprint density at radius 3 is 2.50 bits per heavy atom. The fourth-order valence-electron chi connectivity index (χ4n) is 2.24. The van der Waals surface area contributed by atoms with Crippen molar-refractivity contribution in [3.8, 4) is 0 Å². The first-order chi connectivity index (χ1) is 8.47. The van der Waals surface area contributed by atoms with Crippen molar-refractivity contribution >= 4 is 15.9 Å². The first-order valence-electron chi connectivity index (χ1n) is 6.88. The second-order valence-electron chi connectivity index (χ2n) is 5.31. The Hall–Kier alpha value is -0.350. The molecular weight excluding hydrogens is 290 g/mol. The van der Waals surface area contributed by atoms with Crippen molar-refractivity contribution in [1.82, 2.24) is 15.1 Å². The summed E-state index contributed by atoms with van der Waals surface area (Å²) in [6.45, 7) is 9.94. The van der Waals surface area contributed by atoms with E-state index in [1.807, 2.05) is 18.7 Å². The molecule has 0 aliphatic heterocycles. The molecule has 0 spiro atoms. The summed E-state index contributed by atoms with van der Waals surface area (Å²) in [5, 5.41) is 8.08. The number of nitrogens with zero attached hydrogens (tertiary/aromatic N) is 2. The predicted molar refractivity (Wildman–Crippen MR) is 80.9 cm³/mol. The van der Waals surface area contributed by atoms with Crippen molar-refractivity contribution in [1.29, 1.82) is 0 Å². The lowest BCUT2D eigenvalue weighted by atomic mass is 9.98. The lowest BCUT2D eigenvalue weighted by Gasteiger charge is -2.22. The quantitative estimate of drug-likeness (QED) is 0.835. The van der Waals surface area contributed by atoms with Crippen molar-refractivity contribution < 1.29 is 0 Å². The molecule has 4 heteroatoms. The Labute approximate surface area is 119 Å². The number of aromatic nitrogens is 2. The molecule has 0 bridgehead atoms. The van der Waals surface area contributed by atoms with Crippen LogP contribution in [-0.4, -0.2) is 22.4 Å². The Balaban J connectivity index is 2.61. The van der Waals surface area contributed by atoms with E-state index in [4.69, 9.17) is 0 Å². The Bertz CT molecular complexity index is 371. The van der Waals surface area contributed by atoms with E-state index in [0.717, 1.165) is 25.1 Å². The number of aryl methyl sites for hydroxylation is 2. The van der Waals surface area contributed by atoms with E-state index in [-0.39, 0.29) is 0 Å². The summed E-state index contributed by atoms with van der Waals surface area (Å²) in [4.78, 5) is 0. The molecule has 1 rings (SSSR count). The summed E-state index contributed by atoms with van der Waals surface area (Å²) in [5.41, 5.74) is 2.38. The fraction of sp³-hybridized carbons (Fsp3) is 0.786. The van der Waals surface area contributed by atoms with E-state index in [1.54, 1.807) is 0 Å². The van der Waals surface area contributed by atoms with Gasteiger partial charge in [0.15, 0.2) is 0 Å². The molecule has 0 fully saturated rings. The zero-order valence-electron chi connectivity index (χ0n) is 12.3. The van der Waals surface area contributed by atoms with Crippen LogP contribution in [-0.2, 0) is 13.5 Å². The molecule has 0 radical (unpaired) electrons. The van der Waals surface area contributed by atoms with Crippen LogP contribution in [0.15, 0.2) is 4.47 Å². The maximum Gasteiger partial charge on any atom is 0.0738 e. The first-order valence-corrected chi connectivity index (χ1v) is 7.68. The van der Waals surface area contributed by atoms with Crippen molar-refractivity contribution in [3.63, 3.8) is 0 Å². The van der Waals surface area contributed by atoms with E-state index < -0.39 is 0 Å². The molecule has 3 nitrogen and oxygen atoms in total.